The van der Waals surface area contributed by atoms with Gasteiger partial charge in [-0.05, 0) is 0 Å². The van der Waals surface area contributed by atoms with Gasteiger partial charge in [0.25, 0.3) is 0 Å². The number of aliphatic hydroxyl groups is 6. The highest BCUT2D eigenvalue weighted by Gasteiger charge is 2.45. The highest BCUT2D eigenvalue weighted by atomic mass is 16.6. The van der Waals surface area contributed by atoms with Gasteiger partial charge in [-0.1, -0.05) is 13.8 Å². The van der Waals surface area contributed by atoms with Gasteiger partial charge in [-0.2, -0.15) is 0 Å². The van der Waals surface area contributed by atoms with Crippen LogP contribution in [0.1, 0.15) is 26.7 Å². The SMILES string of the molecule is CCC(=O)OCCOCC(OCCO)C1OCC(OCCO)C1OCCO.CCC(=O)OCCOCC(OCCO)C1OCC(OCCO)C1OCCO. The highest BCUT2D eigenvalue weighted by molar-refractivity contribution is 5.69. The zero-order valence-electron chi connectivity index (χ0n) is 31.6. The van der Waals surface area contributed by atoms with E-state index in [4.69, 9.17) is 87.5 Å². The van der Waals surface area contributed by atoms with E-state index in [9.17, 15) is 9.59 Å². The normalized spacial score (nSPS) is 23.5. The number of aliphatic hydroxyl groups excluding tert-OH is 6. The summed E-state index contributed by atoms with van der Waals surface area (Å²) in [7, 11) is 0. The van der Waals surface area contributed by atoms with Crippen molar-refractivity contribution in [3.8, 4) is 0 Å². The van der Waals surface area contributed by atoms with Crippen LogP contribution in [0.25, 0.3) is 0 Å². The van der Waals surface area contributed by atoms with Crippen molar-refractivity contribution in [1.29, 1.82) is 0 Å². The molecule has 8 atom stereocenters. The molecule has 2 aliphatic rings. The summed E-state index contributed by atoms with van der Waals surface area (Å²) >= 11 is 0. The van der Waals surface area contributed by atoms with Gasteiger partial charge in [0.05, 0.1) is 119 Å². The number of carbonyl (C=O) groups excluding carboxylic acids is 2. The summed E-state index contributed by atoms with van der Waals surface area (Å²) in [6, 6.07) is 0. The summed E-state index contributed by atoms with van der Waals surface area (Å²) in [6.07, 6.45) is -3.44. The summed E-state index contributed by atoms with van der Waals surface area (Å²) in [6.45, 7) is 4.63. The van der Waals surface area contributed by atoms with Gasteiger partial charge in [-0.25, -0.2) is 0 Å². The minimum Gasteiger partial charge on any atom is -0.463 e. The van der Waals surface area contributed by atoms with Crippen LogP contribution in [0.4, 0.5) is 0 Å². The van der Waals surface area contributed by atoms with Gasteiger partial charge in [0.1, 0.15) is 62.0 Å². The molecular formula is C34H64O20. The molecule has 0 aliphatic carbocycles. The first-order valence-electron chi connectivity index (χ1n) is 18.4. The van der Waals surface area contributed by atoms with Crippen molar-refractivity contribution in [2.24, 2.45) is 0 Å². The second-order valence-corrected chi connectivity index (χ2v) is 11.5. The van der Waals surface area contributed by atoms with Gasteiger partial charge in [0.15, 0.2) is 0 Å². The average molecular weight is 793 g/mol. The summed E-state index contributed by atoms with van der Waals surface area (Å²) < 4.78 is 66.1. The third kappa shape index (κ3) is 21.0. The average Bonchev–Trinajstić information content (AvgIpc) is 3.79. The summed E-state index contributed by atoms with van der Waals surface area (Å²) in [4.78, 5) is 22.2. The van der Waals surface area contributed by atoms with Crippen LogP contribution >= 0.6 is 0 Å². The van der Waals surface area contributed by atoms with Gasteiger partial charge < -0.3 is 87.5 Å². The monoisotopic (exact) mass is 792 g/mol. The lowest BCUT2D eigenvalue weighted by Gasteiger charge is -2.29. The van der Waals surface area contributed by atoms with E-state index < -0.39 is 48.8 Å². The molecule has 0 aromatic carbocycles. The Labute approximate surface area is 316 Å². The summed E-state index contributed by atoms with van der Waals surface area (Å²) in [5.41, 5.74) is 0. The Balaban J connectivity index is 0.000000540. The maximum Gasteiger partial charge on any atom is 0.305 e. The van der Waals surface area contributed by atoms with Crippen molar-refractivity contribution in [3.05, 3.63) is 0 Å². The Bertz CT molecular complexity index is 831. The van der Waals surface area contributed by atoms with Gasteiger partial charge in [-0.15, -0.1) is 0 Å². The molecule has 6 N–H and O–H groups in total. The van der Waals surface area contributed by atoms with E-state index >= 15 is 0 Å². The fourth-order valence-electron chi connectivity index (χ4n) is 5.24. The second-order valence-electron chi connectivity index (χ2n) is 11.5. The largest absolute Gasteiger partial charge is 0.463 e. The first kappa shape index (κ1) is 50.3. The molecular weight excluding hydrogens is 728 g/mol. The van der Waals surface area contributed by atoms with Crippen LogP contribution in [-0.2, 0) is 66.4 Å². The first-order chi connectivity index (χ1) is 26.3. The van der Waals surface area contributed by atoms with Crippen LogP contribution in [0, 0.1) is 0 Å². The van der Waals surface area contributed by atoms with Gasteiger partial charge in [-0.3, -0.25) is 9.59 Å². The maximum atomic E-state index is 11.1. The van der Waals surface area contributed by atoms with Crippen LogP contribution in [0.2, 0.25) is 0 Å². The molecule has 0 radical (unpaired) electrons. The molecule has 2 fully saturated rings. The third-order valence-electron chi connectivity index (χ3n) is 7.64. The minimum atomic E-state index is -0.551. The quantitative estimate of drug-likeness (QED) is 0.0292. The molecule has 0 aromatic heterocycles. The topological polar surface area (TPSA) is 266 Å². The van der Waals surface area contributed by atoms with Crippen LogP contribution < -0.4 is 0 Å². The number of rotatable bonds is 32. The van der Waals surface area contributed by atoms with Crippen molar-refractivity contribution in [2.45, 2.75) is 75.5 Å². The molecule has 2 saturated heterocycles. The predicted molar refractivity (Wildman–Crippen MR) is 185 cm³/mol. The number of hydrogen-bond acceptors (Lipinski definition) is 20. The Morgan fingerprint density at radius 2 is 0.870 bits per heavy atom. The Hall–Kier alpha value is -1.70. The van der Waals surface area contributed by atoms with Gasteiger partial charge in [0, 0.05) is 12.8 Å². The molecule has 2 aliphatic heterocycles. The smallest absolute Gasteiger partial charge is 0.305 e. The zero-order chi connectivity index (χ0) is 39.8. The molecule has 0 spiro atoms. The van der Waals surface area contributed by atoms with Crippen LogP contribution in [0.3, 0.4) is 0 Å². The molecule has 0 saturated carbocycles. The van der Waals surface area contributed by atoms with E-state index in [1.807, 2.05) is 0 Å². The Morgan fingerprint density at radius 1 is 0.519 bits per heavy atom. The van der Waals surface area contributed by atoms with E-state index in [0.29, 0.717) is 12.8 Å². The molecule has 8 unspecified atom stereocenters. The van der Waals surface area contributed by atoms with Crippen molar-refractivity contribution in [1.82, 2.24) is 0 Å². The molecule has 0 bridgehead atoms. The van der Waals surface area contributed by atoms with E-state index in [1.165, 1.54) is 0 Å². The number of hydrogen-bond donors (Lipinski definition) is 6. The van der Waals surface area contributed by atoms with E-state index in [-0.39, 0.29) is 144 Å². The van der Waals surface area contributed by atoms with Crippen molar-refractivity contribution < 1.29 is 97.1 Å². The minimum absolute atomic E-state index is 0.0909. The lowest BCUT2D eigenvalue weighted by atomic mass is 10.1. The lowest BCUT2D eigenvalue weighted by molar-refractivity contribution is -0.149. The molecule has 0 amide bonds. The maximum absolute atomic E-state index is 11.1. The Kier molecular flexibility index (Phi) is 31.2. The number of carbonyl (C=O) groups is 2. The molecule has 54 heavy (non-hydrogen) atoms. The number of esters is 2. The molecule has 2 rings (SSSR count). The fourth-order valence-corrected chi connectivity index (χ4v) is 5.24. The van der Waals surface area contributed by atoms with Crippen LogP contribution in [0.15, 0.2) is 0 Å². The zero-order valence-corrected chi connectivity index (χ0v) is 31.6. The fraction of sp³-hybridized carbons (Fsp3) is 0.941. The predicted octanol–water partition coefficient (Wildman–Crippen LogP) is -3.02. The van der Waals surface area contributed by atoms with Crippen molar-refractivity contribution >= 4 is 11.9 Å². The molecule has 20 nitrogen and oxygen atoms in total. The third-order valence-corrected chi connectivity index (χ3v) is 7.64. The molecule has 2 heterocycles. The molecule has 20 heteroatoms. The second kappa shape index (κ2) is 33.4. The Morgan fingerprint density at radius 3 is 1.20 bits per heavy atom. The van der Waals surface area contributed by atoms with Crippen molar-refractivity contribution in [3.63, 3.8) is 0 Å². The number of ether oxygens (including phenoxy) is 12. The van der Waals surface area contributed by atoms with E-state index in [1.54, 1.807) is 13.8 Å². The summed E-state index contributed by atoms with van der Waals surface area (Å²) in [5, 5.41) is 54.1. The molecule has 320 valence electrons. The van der Waals surface area contributed by atoms with Crippen molar-refractivity contribution in [2.75, 3.05) is 132 Å². The van der Waals surface area contributed by atoms with Crippen LogP contribution in [-0.4, -0.2) is 224 Å². The van der Waals surface area contributed by atoms with E-state index in [2.05, 4.69) is 0 Å². The summed E-state index contributed by atoms with van der Waals surface area (Å²) in [5.74, 6) is -0.598. The standard InChI is InChI=1S/2C17H32O10/c2*1-2-15(21)25-10-9-22-11-13(23-6-3-18)17-16(26-8-5-20)14(12-27-17)24-7-4-19/h2*13-14,16-20H,2-12H2,1H3. The lowest BCUT2D eigenvalue weighted by Crippen LogP contribution is -2.45. The first-order valence-corrected chi connectivity index (χ1v) is 18.4. The van der Waals surface area contributed by atoms with Crippen LogP contribution in [0.5, 0.6) is 0 Å². The highest BCUT2D eigenvalue weighted by Crippen LogP contribution is 2.26. The van der Waals surface area contributed by atoms with Gasteiger partial charge >= 0.3 is 11.9 Å². The molecule has 0 aromatic rings. The van der Waals surface area contributed by atoms with Gasteiger partial charge in [0.2, 0.25) is 0 Å². The van der Waals surface area contributed by atoms with E-state index in [0.717, 1.165) is 0 Å².